The monoisotopic (exact) mass is 280 g/mol. The molecule has 4 nitrogen and oxygen atoms in total. The fourth-order valence-electron chi connectivity index (χ4n) is 1.48. The van der Waals surface area contributed by atoms with Crippen LogP contribution in [0.25, 0.3) is 17.1 Å². The number of carboxylic acid groups (broad SMARTS) is 1. The number of fused-ring (bicyclic) bond motifs is 1. The van der Waals surface area contributed by atoms with Gasteiger partial charge in [0.1, 0.15) is 5.82 Å². The van der Waals surface area contributed by atoms with Crippen molar-refractivity contribution in [3.05, 3.63) is 34.6 Å². The lowest BCUT2D eigenvalue weighted by Gasteiger charge is -1.96. The zero-order valence-electron chi connectivity index (χ0n) is 8.51. The van der Waals surface area contributed by atoms with Gasteiger partial charge in [-0.25, -0.2) is 9.78 Å². The number of benzene rings is 1. The second-order valence-corrected chi connectivity index (χ2v) is 4.25. The summed E-state index contributed by atoms with van der Waals surface area (Å²) in [4.78, 5) is 14.7. The van der Waals surface area contributed by atoms with Crippen LogP contribution in [-0.2, 0) is 11.8 Å². The molecule has 16 heavy (non-hydrogen) atoms. The van der Waals surface area contributed by atoms with Gasteiger partial charge in [0.15, 0.2) is 0 Å². The zero-order chi connectivity index (χ0) is 11.7. The van der Waals surface area contributed by atoms with Gasteiger partial charge in [-0.1, -0.05) is 15.9 Å². The summed E-state index contributed by atoms with van der Waals surface area (Å²) in [6.45, 7) is 0. The molecule has 0 unspecified atom stereocenters. The molecule has 0 fully saturated rings. The molecular weight excluding hydrogens is 272 g/mol. The Bertz CT molecular complexity index is 587. The van der Waals surface area contributed by atoms with Gasteiger partial charge < -0.3 is 9.67 Å². The Balaban J connectivity index is 2.56. The molecule has 0 bridgehead atoms. The van der Waals surface area contributed by atoms with E-state index in [2.05, 4.69) is 20.9 Å². The Labute approximate surface area is 100 Å². The van der Waals surface area contributed by atoms with Crippen LogP contribution in [0.1, 0.15) is 5.82 Å². The first-order valence-electron chi connectivity index (χ1n) is 4.61. The zero-order valence-corrected chi connectivity index (χ0v) is 10.1. The number of aliphatic carboxylic acids is 1. The first-order valence-corrected chi connectivity index (χ1v) is 5.40. The predicted molar refractivity (Wildman–Crippen MR) is 65.1 cm³/mol. The van der Waals surface area contributed by atoms with Crippen molar-refractivity contribution in [2.45, 2.75) is 0 Å². The van der Waals surface area contributed by atoms with Crippen LogP contribution in [0.5, 0.6) is 0 Å². The first-order chi connectivity index (χ1) is 7.58. The van der Waals surface area contributed by atoms with E-state index in [0.717, 1.165) is 21.6 Å². The van der Waals surface area contributed by atoms with E-state index >= 15 is 0 Å². The number of carboxylic acids is 1. The lowest BCUT2D eigenvalue weighted by atomic mass is 10.3. The third-order valence-electron chi connectivity index (χ3n) is 2.25. The SMILES string of the molecule is Cn1c(/C=C/C(=O)O)nc2ccc(Br)cc21. The van der Waals surface area contributed by atoms with E-state index in [1.54, 1.807) is 0 Å². The molecule has 1 N–H and O–H groups in total. The molecular formula is C11H9BrN2O2. The molecule has 0 atom stereocenters. The van der Waals surface area contributed by atoms with E-state index in [4.69, 9.17) is 5.11 Å². The number of carbonyl (C=O) groups is 1. The summed E-state index contributed by atoms with van der Waals surface area (Å²) in [5, 5.41) is 8.55. The summed E-state index contributed by atoms with van der Waals surface area (Å²) in [6.07, 6.45) is 2.56. The minimum absolute atomic E-state index is 0.621. The molecule has 0 saturated carbocycles. The average molecular weight is 281 g/mol. The van der Waals surface area contributed by atoms with E-state index in [1.165, 1.54) is 6.08 Å². The molecule has 1 heterocycles. The van der Waals surface area contributed by atoms with Crippen LogP contribution in [0.4, 0.5) is 0 Å². The number of aromatic nitrogens is 2. The maximum Gasteiger partial charge on any atom is 0.328 e. The van der Waals surface area contributed by atoms with Crippen LogP contribution in [-0.4, -0.2) is 20.6 Å². The molecule has 0 spiro atoms. The van der Waals surface area contributed by atoms with E-state index in [0.29, 0.717) is 5.82 Å². The molecule has 1 aromatic carbocycles. The van der Waals surface area contributed by atoms with Gasteiger partial charge in [-0.2, -0.15) is 0 Å². The topological polar surface area (TPSA) is 55.1 Å². The van der Waals surface area contributed by atoms with Crippen LogP contribution in [0.15, 0.2) is 28.7 Å². The highest BCUT2D eigenvalue weighted by molar-refractivity contribution is 9.10. The van der Waals surface area contributed by atoms with Crippen molar-refractivity contribution >= 4 is 39.0 Å². The first kappa shape index (κ1) is 10.9. The predicted octanol–water partition coefficient (Wildman–Crippen LogP) is 2.43. The van der Waals surface area contributed by atoms with Gasteiger partial charge in [-0.3, -0.25) is 0 Å². The van der Waals surface area contributed by atoms with Gasteiger partial charge >= 0.3 is 5.97 Å². The van der Waals surface area contributed by atoms with Crippen molar-refractivity contribution in [1.82, 2.24) is 9.55 Å². The number of hydrogen-bond donors (Lipinski definition) is 1. The van der Waals surface area contributed by atoms with Crippen LogP contribution in [0.2, 0.25) is 0 Å². The van der Waals surface area contributed by atoms with Crippen LogP contribution in [0.3, 0.4) is 0 Å². The lowest BCUT2D eigenvalue weighted by molar-refractivity contribution is -0.131. The Morgan fingerprint density at radius 1 is 1.56 bits per heavy atom. The number of nitrogens with zero attached hydrogens (tertiary/aromatic N) is 2. The van der Waals surface area contributed by atoms with Crippen LogP contribution in [0, 0.1) is 0 Å². The maximum absolute atomic E-state index is 10.4. The second kappa shape index (κ2) is 4.09. The van der Waals surface area contributed by atoms with E-state index in [-0.39, 0.29) is 0 Å². The molecule has 0 amide bonds. The summed E-state index contributed by atoms with van der Waals surface area (Å²) in [6, 6.07) is 5.73. The third kappa shape index (κ3) is 1.99. The molecule has 0 saturated heterocycles. The molecule has 1 aromatic heterocycles. The van der Waals surface area contributed by atoms with Crippen molar-refractivity contribution in [3.63, 3.8) is 0 Å². The third-order valence-corrected chi connectivity index (χ3v) is 2.75. The number of hydrogen-bond acceptors (Lipinski definition) is 2. The number of rotatable bonds is 2. The largest absolute Gasteiger partial charge is 0.478 e. The van der Waals surface area contributed by atoms with Gasteiger partial charge in [0.2, 0.25) is 0 Å². The van der Waals surface area contributed by atoms with Crippen molar-refractivity contribution in [2.75, 3.05) is 0 Å². The maximum atomic E-state index is 10.4. The van der Waals surface area contributed by atoms with Crippen molar-refractivity contribution in [3.8, 4) is 0 Å². The quantitative estimate of drug-likeness (QED) is 0.860. The summed E-state index contributed by atoms with van der Waals surface area (Å²) in [5.74, 6) is -0.358. The number of aryl methyl sites for hydroxylation is 1. The fourth-order valence-corrected chi connectivity index (χ4v) is 1.83. The second-order valence-electron chi connectivity index (χ2n) is 3.33. The molecule has 2 rings (SSSR count). The fraction of sp³-hybridized carbons (Fsp3) is 0.0909. The summed E-state index contributed by atoms with van der Waals surface area (Å²) < 4.78 is 2.82. The van der Waals surface area contributed by atoms with Gasteiger partial charge in [0, 0.05) is 17.6 Å². The molecule has 0 aliphatic heterocycles. The van der Waals surface area contributed by atoms with Gasteiger partial charge in [-0.05, 0) is 24.3 Å². The average Bonchev–Trinajstić information content (AvgIpc) is 2.53. The summed E-state index contributed by atoms with van der Waals surface area (Å²) in [7, 11) is 1.85. The van der Waals surface area contributed by atoms with Gasteiger partial charge in [0.05, 0.1) is 11.0 Å². The van der Waals surface area contributed by atoms with E-state index in [1.807, 2.05) is 29.8 Å². The molecule has 0 aliphatic carbocycles. The Morgan fingerprint density at radius 2 is 2.31 bits per heavy atom. The number of halogens is 1. The highest BCUT2D eigenvalue weighted by Gasteiger charge is 2.05. The lowest BCUT2D eigenvalue weighted by Crippen LogP contribution is -1.93. The highest BCUT2D eigenvalue weighted by atomic mass is 79.9. The van der Waals surface area contributed by atoms with Gasteiger partial charge in [0.25, 0.3) is 0 Å². The molecule has 2 aromatic rings. The Morgan fingerprint density at radius 3 is 3.00 bits per heavy atom. The molecule has 0 aliphatic rings. The van der Waals surface area contributed by atoms with Crippen molar-refractivity contribution in [2.24, 2.45) is 7.05 Å². The summed E-state index contributed by atoms with van der Waals surface area (Å²) in [5.41, 5.74) is 1.80. The van der Waals surface area contributed by atoms with E-state index < -0.39 is 5.97 Å². The Kier molecular flexibility index (Phi) is 2.78. The smallest absolute Gasteiger partial charge is 0.328 e. The minimum Gasteiger partial charge on any atom is -0.478 e. The normalized spacial score (nSPS) is 11.4. The molecule has 0 radical (unpaired) electrons. The molecule has 82 valence electrons. The van der Waals surface area contributed by atoms with Crippen molar-refractivity contribution in [1.29, 1.82) is 0 Å². The van der Waals surface area contributed by atoms with Gasteiger partial charge in [-0.15, -0.1) is 0 Å². The highest BCUT2D eigenvalue weighted by Crippen LogP contribution is 2.20. The number of imidazole rings is 1. The van der Waals surface area contributed by atoms with E-state index in [9.17, 15) is 4.79 Å². The van der Waals surface area contributed by atoms with Crippen molar-refractivity contribution < 1.29 is 9.90 Å². The minimum atomic E-state index is -0.978. The standard InChI is InChI=1S/C11H9BrN2O2/c1-14-9-6-7(12)2-3-8(9)13-10(14)4-5-11(15)16/h2-6H,1H3,(H,15,16)/b5-4+. The molecule has 5 heteroatoms. The van der Waals surface area contributed by atoms with Crippen LogP contribution < -0.4 is 0 Å². The summed E-state index contributed by atoms with van der Waals surface area (Å²) >= 11 is 3.38. The van der Waals surface area contributed by atoms with Crippen LogP contribution >= 0.6 is 15.9 Å². The Hall–Kier alpha value is -1.62.